The van der Waals surface area contributed by atoms with Crippen LogP contribution in [-0.2, 0) is 4.84 Å². The second-order valence-electron chi connectivity index (χ2n) is 6.13. The average molecular weight is 322 g/mol. The van der Waals surface area contributed by atoms with Crippen LogP contribution in [0.4, 0.5) is 0 Å². The maximum absolute atomic E-state index is 6.08. The van der Waals surface area contributed by atoms with Crippen molar-refractivity contribution in [1.29, 1.82) is 0 Å². The van der Waals surface area contributed by atoms with Crippen LogP contribution in [0.1, 0.15) is 32.1 Å². The van der Waals surface area contributed by atoms with Crippen LogP contribution < -0.4 is 4.46 Å². The van der Waals surface area contributed by atoms with Crippen LogP contribution in [0.2, 0.25) is 5.32 Å². The van der Waals surface area contributed by atoms with E-state index in [-0.39, 0.29) is 0 Å². The molecule has 0 bridgehead atoms. The van der Waals surface area contributed by atoms with Crippen LogP contribution >= 0.6 is 0 Å². The molecule has 0 aromatic heterocycles. The van der Waals surface area contributed by atoms with E-state index < -0.39 is 0 Å². The summed E-state index contributed by atoms with van der Waals surface area (Å²) in [5.74, 6) is 0.835. The molecule has 1 saturated carbocycles. The van der Waals surface area contributed by atoms with Gasteiger partial charge in [-0.05, 0) is 0 Å². The first-order valence-corrected chi connectivity index (χ1v) is 9.55. The first kappa shape index (κ1) is 12.4. The Morgan fingerprint density at radius 3 is 3.00 bits per heavy atom. The fraction of sp³-hybridized carbons (Fsp3) is 0.625. The summed E-state index contributed by atoms with van der Waals surface area (Å²) in [6.45, 7) is 0.995. The van der Waals surface area contributed by atoms with E-state index in [1.165, 1.54) is 41.9 Å². The molecule has 0 N–H and O–H groups in total. The Labute approximate surface area is 121 Å². The van der Waals surface area contributed by atoms with Crippen molar-refractivity contribution >= 4 is 19.4 Å². The molecule has 1 aromatic carbocycles. The third-order valence-corrected chi connectivity index (χ3v) is 7.63. The van der Waals surface area contributed by atoms with Crippen molar-refractivity contribution in [1.82, 2.24) is 5.06 Å². The molecule has 1 aromatic rings. The zero-order valence-electron chi connectivity index (χ0n) is 11.3. The van der Waals surface area contributed by atoms with Gasteiger partial charge in [0, 0.05) is 0 Å². The summed E-state index contributed by atoms with van der Waals surface area (Å²) in [7, 11) is 0. The third kappa shape index (κ3) is 1.99. The molecule has 19 heavy (non-hydrogen) atoms. The number of hydrogen-bond acceptors (Lipinski definition) is 2. The minimum absolute atomic E-state index is 0.456. The summed E-state index contributed by atoms with van der Waals surface area (Å²) in [5, 5.41) is 3.76. The molecule has 2 saturated heterocycles. The summed E-state index contributed by atoms with van der Waals surface area (Å²) in [5.41, 5.74) is 0.456. The van der Waals surface area contributed by atoms with E-state index in [2.05, 4.69) is 35.4 Å². The summed E-state index contributed by atoms with van der Waals surface area (Å²) in [6.07, 6.45) is 6.93. The molecule has 4 rings (SSSR count). The van der Waals surface area contributed by atoms with Crippen molar-refractivity contribution in [2.24, 2.45) is 5.92 Å². The molecule has 2 nitrogen and oxygen atoms in total. The molecule has 3 heteroatoms. The predicted molar refractivity (Wildman–Crippen MR) is 77.5 cm³/mol. The van der Waals surface area contributed by atoms with Gasteiger partial charge < -0.3 is 0 Å². The third-order valence-electron chi connectivity index (χ3n) is 5.20. The van der Waals surface area contributed by atoms with Gasteiger partial charge in [-0.25, -0.2) is 0 Å². The van der Waals surface area contributed by atoms with Crippen molar-refractivity contribution in [3.8, 4) is 0 Å². The molecule has 0 amide bonds. The first-order chi connectivity index (χ1) is 9.38. The van der Waals surface area contributed by atoms with Crippen LogP contribution in [-0.4, -0.2) is 38.2 Å². The van der Waals surface area contributed by atoms with Crippen LogP contribution in [0, 0.1) is 5.92 Å². The summed E-state index contributed by atoms with van der Waals surface area (Å²) in [4.78, 5) is 6.08. The van der Waals surface area contributed by atoms with Crippen LogP contribution in [0.15, 0.2) is 30.3 Å². The van der Waals surface area contributed by atoms with Gasteiger partial charge in [0.1, 0.15) is 0 Å². The van der Waals surface area contributed by atoms with E-state index in [1.807, 2.05) is 0 Å². The van der Waals surface area contributed by atoms with Crippen LogP contribution in [0.5, 0.6) is 0 Å². The monoisotopic (exact) mass is 323 g/mol. The van der Waals surface area contributed by atoms with Gasteiger partial charge in [-0.2, -0.15) is 0 Å². The van der Waals surface area contributed by atoms with E-state index in [9.17, 15) is 0 Å². The second kappa shape index (κ2) is 4.89. The molecule has 3 atom stereocenters. The zero-order chi connectivity index (χ0) is 12.7. The second-order valence-corrected chi connectivity index (χ2v) is 8.42. The summed E-state index contributed by atoms with van der Waals surface area (Å²) >= 11 is 0.595. The van der Waals surface area contributed by atoms with Gasteiger partial charge in [-0.1, -0.05) is 0 Å². The Balaban J connectivity index is 1.44. The minimum atomic E-state index is 0.456. The van der Waals surface area contributed by atoms with Crippen molar-refractivity contribution in [3.05, 3.63) is 30.3 Å². The number of hydrogen-bond donors (Lipinski definition) is 0. The van der Waals surface area contributed by atoms with Crippen LogP contribution in [0.3, 0.4) is 0 Å². The maximum atomic E-state index is 6.08. The molecule has 2 aliphatic heterocycles. The molecular weight excluding hydrogens is 301 g/mol. The summed E-state index contributed by atoms with van der Waals surface area (Å²) in [6, 6.07) is 11.7. The van der Waals surface area contributed by atoms with Crippen molar-refractivity contribution in [2.75, 3.05) is 6.61 Å². The Morgan fingerprint density at radius 1 is 1.21 bits per heavy atom. The number of hydroxylamine groups is 2. The van der Waals surface area contributed by atoms with Gasteiger partial charge in [0.15, 0.2) is 0 Å². The van der Waals surface area contributed by atoms with Gasteiger partial charge in [0.2, 0.25) is 0 Å². The normalized spacial score (nSPS) is 37.5. The van der Waals surface area contributed by atoms with Crippen LogP contribution in [0.25, 0.3) is 0 Å². The van der Waals surface area contributed by atoms with Gasteiger partial charge in [-0.15, -0.1) is 0 Å². The molecule has 0 radical (unpaired) electrons. The number of rotatable bonds is 3. The van der Waals surface area contributed by atoms with Crippen molar-refractivity contribution in [3.63, 3.8) is 0 Å². The van der Waals surface area contributed by atoms with E-state index in [1.54, 1.807) is 0 Å². The molecule has 3 aliphatic rings. The van der Waals surface area contributed by atoms with Gasteiger partial charge in [0.05, 0.1) is 0 Å². The van der Waals surface area contributed by atoms with Gasteiger partial charge in [-0.3, -0.25) is 0 Å². The Hall–Kier alpha value is -0.341. The van der Waals surface area contributed by atoms with Crippen molar-refractivity contribution < 1.29 is 4.84 Å². The Bertz CT molecular complexity index is 451. The topological polar surface area (TPSA) is 12.5 Å². The predicted octanol–water partition coefficient (Wildman–Crippen LogP) is 2.38. The van der Waals surface area contributed by atoms with E-state index in [0.29, 0.717) is 26.5 Å². The van der Waals surface area contributed by atoms with Crippen molar-refractivity contribution in [2.45, 2.75) is 49.0 Å². The molecule has 102 valence electrons. The SMILES string of the molecule is c1ccc([Se]C[C@@H]2CC[C@@]34CCC[C@@H]3CON24)cc1. The fourth-order valence-corrected chi connectivity index (χ4v) is 6.43. The van der Waals surface area contributed by atoms with E-state index in [0.717, 1.165) is 12.5 Å². The quantitative estimate of drug-likeness (QED) is 0.793. The molecule has 2 heterocycles. The number of benzene rings is 1. The molecular formula is C16H21NOSe. The average Bonchev–Trinajstić information content (AvgIpc) is 3.08. The fourth-order valence-electron chi connectivity index (χ4n) is 4.26. The first-order valence-electron chi connectivity index (χ1n) is 7.49. The molecule has 3 fully saturated rings. The number of nitrogens with zero attached hydrogens (tertiary/aromatic N) is 1. The molecule has 1 spiro atoms. The summed E-state index contributed by atoms with van der Waals surface area (Å²) < 4.78 is 1.53. The molecule has 0 unspecified atom stereocenters. The zero-order valence-corrected chi connectivity index (χ0v) is 13.0. The van der Waals surface area contributed by atoms with Gasteiger partial charge in [0.25, 0.3) is 0 Å². The van der Waals surface area contributed by atoms with Gasteiger partial charge >= 0.3 is 121 Å². The standard InChI is InChI=1S/C16H21NOSe/c1-2-6-15(7-3-1)19-12-14-8-10-16-9-4-5-13(16)11-18-17(14)16/h1-3,6-7,13-14H,4-5,8-12H2/t13-,14+,16+/m1/s1. The van der Waals surface area contributed by atoms with E-state index >= 15 is 0 Å². The Morgan fingerprint density at radius 2 is 2.11 bits per heavy atom. The Kier molecular flexibility index (Phi) is 3.19. The van der Waals surface area contributed by atoms with E-state index in [4.69, 9.17) is 4.84 Å². The molecule has 1 aliphatic carbocycles.